The minimum atomic E-state index is 0.244. The van der Waals surface area contributed by atoms with Crippen LogP contribution < -0.4 is 5.73 Å². The number of aliphatic imine (C=N–C) groups is 1. The maximum atomic E-state index is 5.58. The van der Waals surface area contributed by atoms with Gasteiger partial charge in [0.05, 0.1) is 11.7 Å². The first-order valence-electron chi connectivity index (χ1n) is 10.8. The Balaban J connectivity index is 0.000000299. The van der Waals surface area contributed by atoms with Gasteiger partial charge in [0, 0.05) is 29.7 Å². The molecule has 160 valence electrons. The molecule has 0 aromatic carbocycles. The molecule has 6 nitrogen and oxygen atoms in total. The quantitative estimate of drug-likeness (QED) is 0.526. The van der Waals surface area contributed by atoms with Crippen LogP contribution in [0.25, 0.3) is 16.6 Å². The number of hydrogen-bond acceptors (Lipinski definition) is 5. The van der Waals surface area contributed by atoms with Crippen molar-refractivity contribution in [3.05, 3.63) is 48.9 Å². The van der Waals surface area contributed by atoms with Crippen molar-refractivity contribution < 1.29 is 0 Å². The van der Waals surface area contributed by atoms with E-state index in [1.54, 1.807) is 29.2 Å². The van der Waals surface area contributed by atoms with E-state index in [1.165, 1.54) is 32.1 Å². The van der Waals surface area contributed by atoms with Crippen LogP contribution in [0.4, 0.5) is 11.8 Å². The van der Waals surface area contributed by atoms with Crippen LogP contribution in [0.15, 0.2) is 48.4 Å². The van der Waals surface area contributed by atoms with Crippen molar-refractivity contribution in [3.8, 4) is 11.1 Å². The SMILES string of the molecule is C=CC=Nc1ncc(-c2ccn3nc(N)ncc23)cc1C.CC.CC1CCCCC1. The molecular weight excluding hydrogens is 372 g/mol. The van der Waals surface area contributed by atoms with E-state index in [2.05, 4.69) is 33.6 Å². The van der Waals surface area contributed by atoms with Crippen molar-refractivity contribution in [2.75, 3.05) is 5.73 Å². The van der Waals surface area contributed by atoms with E-state index < -0.39 is 0 Å². The van der Waals surface area contributed by atoms with Crippen LogP contribution in [-0.4, -0.2) is 25.8 Å². The lowest BCUT2D eigenvalue weighted by atomic mass is 9.91. The summed E-state index contributed by atoms with van der Waals surface area (Å²) in [5, 5.41) is 4.13. The predicted molar refractivity (Wildman–Crippen MR) is 127 cm³/mol. The molecule has 0 bridgehead atoms. The average Bonchev–Trinajstić information content (AvgIpc) is 3.18. The Bertz CT molecular complexity index is 967. The van der Waals surface area contributed by atoms with Crippen molar-refractivity contribution in [1.82, 2.24) is 19.6 Å². The standard InChI is InChI=1S/C15H14N6.C7H14.C2H6/c1-3-5-17-14-10(2)7-11(8-18-14)12-4-6-21-13(12)9-19-15(16)20-21;1-7-5-3-2-4-6-7;1-2/h3-9H,1H2,2H3,(H2,16,20);7H,2-6H2,1H3;1-2H3. The topological polar surface area (TPSA) is 81.5 Å². The smallest absolute Gasteiger partial charge is 0.238 e. The number of pyridine rings is 1. The molecule has 0 amide bonds. The van der Waals surface area contributed by atoms with Crippen molar-refractivity contribution in [3.63, 3.8) is 0 Å². The highest BCUT2D eigenvalue weighted by Crippen LogP contribution is 2.27. The summed E-state index contributed by atoms with van der Waals surface area (Å²) < 4.78 is 1.71. The van der Waals surface area contributed by atoms with Crippen LogP contribution in [0.1, 0.15) is 58.4 Å². The molecule has 0 unspecified atom stereocenters. The second kappa shape index (κ2) is 11.9. The zero-order valence-corrected chi connectivity index (χ0v) is 18.7. The summed E-state index contributed by atoms with van der Waals surface area (Å²) in [7, 11) is 0. The second-order valence-electron chi connectivity index (χ2n) is 7.30. The van der Waals surface area contributed by atoms with Crippen LogP contribution in [0.5, 0.6) is 0 Å². The van der Waals surface area contributed by atoms with Gasteiger partial charge in [-0.25, -0.2) is 19.5 Å². The first kappa shape index (κ1) is 23.3. The number of aryl methyl sites for hydroxylation is 1. The predicted octanol–water partition coefficient (Wildman–Crippen LogP) is 6.18. The number of nitrogens with two attached hydrogens (primary N) is 1. The molecule has 4 rings (SSSR count). The molecule has 30 heavy (non-hydrogen) atoms. The molecule has 3 aromatic heterocycles. The Morgan fingerprint density at radius 2 is 1.90 bits per heavy atom. The summed E-state index contributed by atoms with van der Waals surface area (Å²) in [5.41, 5.74) is 9.44. The van der Waals surface area contributed by atoms with Crippen molar-refractivity contribution in [2.45, 2.75) is 59.8 Å². The molecule has 0 saturated heterocycles. The molecule has 6 heteroatoms. The van der Waals surface area contributed by atoms with Crippen LogP contribution in [0.2, 0.25) is 0 Å². The first-order chi connectivity index (χ1) is 14.6. The van der Waals surface area contributed by atoms with E-state index in [-0.39, 0.29) is 5.95 Å². The number of nitrogen functional groups attached to an aromatic ring is 1. The molecular formula is C24H34N6. The lowest BCUT2D eigenvalue weighted by Gasteiger charge is -2.15. The summed E-state index contributed by atoms with van der Waals surface area (Å²) in [6.07, 6.45) is 16.0. The Labute approximate surface area is 180 Å². The first-order valence-corrected chi connectivity index (χ1v) is 10.8. The molecule has 1 saturated carbocycles. The Kier molecular flexibility index (Phi) is 9.19. The number of hydrogen-bond donors (Lipinski definition) is 1. The fourth-order valence-corrected chi connectivity index (χ4v) is 3.44. The molecule has 3 aromatic rings. The van der Waals surface area contributed by atoms with Crippen LogP contribution in [-0.2, 0) is 0 Å². The monoisotopic (exact) mass is 406 g/mol. The van der Waals surface area contributed by atoms with Gasteiger partial charge in [0.2, 0.25) is 5.95 Å². The minimum absolute atomic E-state index is 0.244. The van der Waals surface area contributed by atoms with Gasteiger partial charge >= 0.3 is 0 Å². The fourth-order valence-electron chi connectivity index (χ4n) is 3.44. The van der Waals surface area contributed by atoms with Gasteiger partial charge in [0.25, 0.3) is 0 Å². The minimum Gasteiger partial charge on any atom is -0.367 e. The zero-order valence-electron chi connectivity index (χ0n) is 18.7. The van der Waals surface area contributed by atoms with Gasteiger partial charge in [-0.15, -0.1) is 5.10 Å². The van der Waals surface area contributed by atoms with Crippen LogP contribution in [0, 0.1) is 12.8 Å². The summed E-state index contributed by atoms with van der Waals surface area (Å²) in [6, 6.07) is 4.00. The fraction of sp³-hybridized carbons (Fsp3) is 0.417. The van der Waals surface area contributed by atoms with E-state index in [9.17, 15) is 0 Å². The molecule has 1 aliphatic carbocycles. The molecule has 1 aliphatic rings. The summed E-state index contributed by atoms with van der Waals surface area (Å²) in [4.78, 5) is 12.6. The van der Waals surface area contributed by atoms with Crippen molar-refractivity contribution in [1.29, 1.82) is 0 Å². The van der Waals surface area contributed by atoms with E-state index in [0.717, 1.165) is 28.1 Å². The lowest BCUT2D eigenvalue weighted by Crippen LogP contribution is -1.99. The van der Waals surface area contributed by atoms with Gasteiger partial charge in [-0.2, -0.15) is 0 Å². The molecule has 2 N–H and O–H groups in total. The highest BCUT2D eigenvalue weighted by Gasteiger charge is 2.09. The molecule has 0 aliphatic heterocycles. The Morgan fingerprint density at radius 3 is 2.50 bits per heavy atom. The van der Waals surface area contributed by atoms with E-state index >= 15 is 0 Å². The number of aromatic nitrogens is 4. The van der Waals surface area contributed by atoms with Crippen LogP contribution >= 0.6 is 0 Å². The summed E-state index contributed by atoms with van der Waals surface area (Å²) in [5.74, 6) is 1.96. The third-order valence-electron chi connectivity index (χ3n) is 4.99. The van der Waals surface area contributed by atoms with Gasteiger partial charge < -0.3 is 5.73 Å². The Morgan fingerprint density at radius 1 is 1.17 bits per heavy atom. The molecule has 0 spiro atoms. The van der Waals surface area contributed by atoms with Crippen molar-refractivity contribution >= 4 is 23.5 Å². The third-order valence-corrected chi connectivity index (χ3v) is 4.99. The maximum Gasteiger partial charge on any atom is 0.238 e. The van der Waals surface area contributed by atoms with Gasteiger partial charge in [-0.3, -0.25) is 0 Å². The summed E-state index contributed by atoms with van der Waals surface area (Å²) in [6.45, 7) is 11.9. The van der Waals surface area contributed by atoms with Gasteiger partial charge in [-0.1, -0.05) is 65.5 Å². The van der Waals surface area contributed by atoms with E-state index in [0.29, 0.717) is 5.82 Å². The molecule has 0 radical (unpaired) electrons. The number of fused-ring (bicyclic) bond motifs is 1. The van der Waals surface area contributed by atoms with E-state index in [4.69, 9.17) is 5.73 Å². The van der Waals surface area contributed by atoms with Crippen molar-refractivity contribution in [2.24, 2.45) is 10.9 Å². The number of rotatable bonds is 3. The zero-order chi connectivity index (χ0) is 21.9. The maximum absolute atomic E-state index is 5.58. The third kappa shape index (κ3) is 6.24. The second-order valence-corrected chi connectivity index (χ2v) is 7.30. The highest BCUT2D eigenvalue weighted by atomic mass is 15.3. The normalized spacial score (nSPS) is 14.0. The highest BCUT2D eigenvalue weighted by molar-refractivity contribution is 5.81. The Hall–Kier alpha value is -3.02. The number of anilines is 1. The lowest BCUT2D eigenvalue weighted by molar-refractivity contribution is 0.385. The van der Waals surface area contributed by atoms with Gasteiger partial charge in [0.1, 0.15) is 0 Å². The summed E-state index contributed by atoms with van der Waals surface area (Å²) >= 11 is 0. The number of allylic oxidation sites excluding steroid dienone is 1. The largest absolute Gasteiger partial charge is 0.367 e. The number of nitrogens with zero attached hydrogens (tertiary/aromatic N) is 5. The molecule has 3 heterocycles. The molecule has 1 fully saturated rings. The molecule has 0 atom stereocenters. The van der Waals surface area contributed by atoms with Gasteiger partial charge in [0.15, 0.2) is 5.82 Å². The average molecular weight is 407 g/mol. The van der Waals surface area contributed by atoms with Crippen LogP contribution in [0.3, 0.4) is 0 Å². The van der Waals surface area contributed by atoms with Gasteiger partial charge in [-0.05, 0) is 30.5 Å². The van der Waals surface area contributed by atoms with E-state index in [1.807, 2.05) is 39.1 Å².